The fraction of sp³-hybridized carbons (Fsp3) is 0.273. The number of nitrogens with zero attached hydrogens (tertiary/aromatic N) is 1. The quantitative estimate of drug-likeness (QED) is 0.447. The summed E-state index contributed by atoms with van der Waals surface area (Å²) in [6, 6.07) is 2.47. The van der Waals surface area contributed by atoms with Crippen LogP contribution < -0.4 is 0 Å². The van der Waals surface area contributed by atoms with E-state index < -0.39 is 18.1 Å². The molecule has 0 fully saturated rings. The van der Waals surface area contributed by atoms with E-state index in [2.05, 4.69) is 4.99 Å². The molecule has 0 bridgehead atoms. The van der Waals surface area contributed by atoms with Gasteiger partial charge in [0.2, 0.25) is 0 Å². The Bertz CT molecular complexity index is 441. The predicted octanol–water partition coefficient (Wildman–Crippen LogP) is 0.351. The average molecular weight is 239 g/mol. The molecule has 1 rings (SSSR count). The van der Waals surface area contributed by atoms with Crippen LogP contribution in [-0.2, 0) is 4.79 Å². The van der Waals surface area contributed by atoms with Crippen LogP contribution in [-0.4, -0.2) is 44.8 Å². The number of phenolic OH excluding ortho intramolecular Hbond substituents is 2. The van der Waals surface area contributed by atoms with Crippen LogP contribution in [0.3, 0.4) is 0 Å². The topological polar surface area (TPSA) is 110 Å². The molecule has 6 nitrogen and oxygen atoms in total. The van der Waals surface area contributed by atoms with E-state index in [4.69, 9.17) is 5.11 Å². The molecule has 0 saturated carbocycles. The van der Waals surface area contributed by atoms with E-state index in [-0.39, 0.29) is 17.1 Å². The van der Waals surface area contributed by atoms with Crippen molar-refractivity contribution in [1.29, 1.82) is 0 Å². The molecule has 6 heteroatoms. The highest BCUT2D eigenvalue weighted by molar-refractivity contribution is 5.86. The Morgan fingerprint density at radius 2 is 2.06 bits per heavy atom. The number of benzene rings is 1. The third-order valence-corrected chi connectivity index (χ3v) is 2.10. The summed E-state index contributed by atoms with van der Waals surface area (Å²) in [7, 11) is 0. The Morgan fingerprint density at radius 1 is 1.41 bits per heavy atom. The average Bonchev–Trinajstić information content (AvgIpc) is 2.22. The molecule has 0 unspecified atom stereocenters. The highest BCUT2D eigenvalue weighted by Gasteiger charge is 2.21. The highest BCUT2D eigenvalue weighted by atomic mass is 16.4. The molecule has 92 valence electrons. The molecule has 0 spiro atoms. The first kappa shape index (κ1) is 13.0. The summed E-state index contributed by atoms with van der Waals surface area (Å²) < 4.78 is 0. The first-order chi connectivity index (χ1) is 7.91. The monoisotopic (exact) mass is 239 g/mol. The molecule has 17 heavy (non-hydrogen) atoms. The Labute approximate surface area is 97.5 Å². The molecule has 0 aliphatic rings. The van der Waals surface area contributed by atoms with Crippen LogP contribution in [0.2, 0.25) is 0 Å². The van der Waals surface area contributed by atoms with Gasteiger partial charge in [-0.15, -0.1) is 0 Å². The van der Waals surface area contributed by atoms with Crippen molar-refractivity contribution in [3.63, 3.8) is 0 Å². The Hall–Kier alpha value is -2.08. The number of carbonyl (C=O) groups is 1. The molecular weight excluding hydrogens is 226 g/mol. The van der Waals surface area contributed by atoms with E-state index in [9.17, 15) is 20.1 Å². The predicted molar refractivity (Wildman–Crippen MR) is 60.5 cm³/mol. The lowest BCUT2D eigenvalue weighted by Crippen LogP contribution is -2.29. The lowest BCUT2D eigenvalue weighted by molar-refractivity contribution is -0.140. The van der Waals surface area contributed by atoms with E-state index in [0.717, 1.165) is 6.21 Å². The van der Waals surface area contributed by atoms with Gasteiger partial charge in [-0.1, -0.05) is 0 Å². The number of aliphatic carboxylic acids is 1. The van der Waals surface area contributed by atoms with E-state index in [1.165, 1.54) is 25.1 Å². The van der Waals surface area contributed by atoms with Crippen molar-refractivity contribution in [3.05, 3.63) is 23.8 Å². The number of hydrogen-bond acceptors (Lipinski definition) is 5. The van der Waals surface area contributed by atoms with Crippen LogP contribution in [0, 0.1) is 0 Å². The number of hydrogen-bond donors (Lipinski definition) is 4. The van der Waals surface area contributed by atoms with Crippen LogP contribution in [0.15, 0.2) is 23.2 Å². The van der Waals surface area contributed by atoms with Crippen LogP contribution in [0.25, 0.3) is 0 Å². The summed E-state index contributed by atoms with van der Waals surface area (Å²) in [5.74, 6) is -1.48. The van der Waals surface area contributed by atoms with Crippen molar-refractivity contribution in [2.75, 3.05) is 0 Å². The van der Waals surface area contributed by atoms with Gasteiger partial charge < -0.3 is 20.4 Å². The Morgan fingerprint density at radius 3 is 2.59 bits per heavy atom. The molecule has 0 aromatic heterocycles. The van der Waals surface area contributed by atoms with E-state index in [1.807, 2.05) is 0 Å². The zero-order valence-electron chi connectivity index (χ0n) is 9.11. The van der Waals surface area contributed by atoms with E-state index in [0.29, 0.717) is 0 Å². The van der Waals surface area contributed by atoms with Crippen LogP contribution in [0.1, 0.15) is 12.5 Å². The molecule has 1 aromatic carbocycles. The van der Waals surface area contributed by atoms with Crippen molar-refractivity contribution >= 4 is 12.2 Å². The number of carboxylic acid groups (broad SMARTS) is 1. The fourth-order valence-corrected chi connectivity index (χ4v) is 1.20. The molecule has 0 aliphatic heterocycles. The number of aliphatic hydroxyl groups excluding tert-OH is 1. The second kappa shape index (κ2) is 5.31. The van der Waals surface area contributed by atoms with Gasteiger partial charge in [0, 0.05) is 11.8 Å². The molecule has 4 N–H and O–H groups in total. The van der Waals surface area contributed by atoms with Crippen LogP contribution in [0.4, 0.5) is 0 Å². The maximum Gasteiger partial charge on any atom is 0.331 e. The highest BCUT2D eigenvalue weighted by Crippen LogP contribution is 2.20. The van der Waals surface area contributed by atoms with Crippen LogP contribution in [0.5, 0.6) is 11.5 Å². The zero-order valence-corrected chi connectivity index (χ0v) is 9.11. The van der Waals surface area contributed by atoms with Gasteiger partial charge in [-0.3, -0.25) is 4.99 Å². The standard InChI is InChI=1S/C11H13NO5/c1-6(13)10(11(16)17)12-5-7-4-8(14)2-3-9(7)15/h2-6,10,13-15H,1H3,(H,16,17)/t6-,10+/m1/s1. The van der Waals surface area contributed by atoms with E-state index >= 15 is 0 Å². The fourth-order valence-electron chi connectivity index (χ4n) is 1.20. The van der Waals surface area contributed by atoms with Gasteiger partial charge in [-0.05, 0) is 25.1 Å². The minimum Gasteiger partial charge on any atom is -0.508 e. The summed E-state index contributed by atoms with van der Waals surface area (Å²) in [5, 5.41) is 36.5. The molecule has 0 aliphatic carbocycles. The Kier molecular flexibility index (Phi) is 4.06. The van der Waals surface area contributed by atoms with Gasteiger partial charge in [-0.2, -0.15) is 0 Å². The van der Waals surface area contributed by atoms with Gasteiger partial charge in [0.05, 0.1) is 6.10 Å². The lowest BCUT2D eigenvalue weighted by Gasteiger charge is -2.09. The molecule has 0 amide bonds. The van der Waals surface area contributed by atoms with Crippen LogP contribution >= 0.6 is 0 Å². The summed E-state index contributed by atoms with van der Waals surface area (Å²) >= 11 is 0. The van der Waals surface area contributed by atoms with Crippen molar-refractivity contribution in [1.82, 2.24) is 0 Å². The molecular formula is C11H13NO5. The third kappa shape index (κ3) is 3.46. The number of aromatic hydroxyl groups is 2. The minimum absolute atomic E-state index is 0.0758. The maximum atomic E-state index is 10.7. The SMILES string of the molecule is C[C@@H](O)[C@H](N=Cc1cc(O)ccc1O)C(=O)O. The number of rotatable bonds is 4. The number of aliphatic imine (C=N–C) groups is 1. The molecule has 0 saturated heterocycles. The number of phenols is 2. The largest absolute Gasteiger partial charge is 0.508 e. The minimum atomic E-state index is -1.31. The summed E-state index contributed by atoms with van der Waals surface area (Å²) in [5.41, 5.74) is 0.178. The third-order valence-electron chi connectivity index (χ3n) is 2.10. The van der Waals surface area contributed by atoms with Crippen molar-refractivity contribution in [3.8, 4) is 11.5 Å². The van der Waals surface area contributed by atoms with Crippen molar-refractivity contribution in [2.24, 2.45) is 4.99 Å². The normalized spacial score (nSPS) is 14.7. The summed E-state index contributed by atoms with van der Waals surface area (Å²) in [4.78, 5) is 14.4. The van der Waals surface area contributed by atoms with Gasteiger partial charge in [0.1, 0.15) is 11.5 Å². The second-order valence-electron chi connectivity index (χ2n) is 3.54. The maximum absolute atomic E-state index is 10.7. The first-order valence-corrected chi connectivity index (χ1v) is 4.88. The summed E-state index contributed by atoms with van der Waals surface area (Å²) in [6.07, 6.45) is -0.0520. The molecule has 1 aromatic rings. The zero-order chi connectivity index (χ0) is 13.0. The van der Waals surface area contributed by atoms with Gasteiger partial charge in [-0.25, -0.2) is 4.79 Å². The van der Waals surface area contributed by atoms with Crippen molar-refractivity contribution < 1.29 is 25.2 Å². The second-order valence-corrected chi connectivity index (χ2v) is 3.54. The van der Waals surface area contributed by atoms with Crippen molar-refractivity contribution in [2.45, 2.75) is 19.1 Å². The summed E-state index contributed by atoms with van der Waals surface area (Å²) in [6.45, 7) is 1.30. The van der Waals surface area contributed by atoms with E-state index in [1.54, 1.807) is 0 Å². The van der Waals surface area contributed by atoms with Gasteiger partial charge in [0.25, 0.3) is 0 Å². The lowest BCUT2D eigenvalue weighted by atomic mass is 10.2. The first-order valence-electron chi connectivity index (χ1n) is 4.88. The van der Waals surface area contributed by atoms with Gasteiger partial charge in [0.15, 0.2) is 6.04 Å². The number of aliphatic hydroxyl groups is 1. The smallest absolute Gasteiger partial charge is 0.331 e. The van der Waals surface area contributed by atoms with Gasteiger partial charge >= 0.3 is 5.97 Å². The molecule has 0 radical (unpaired) electrons. The number of carboxylic acids is 1. The molecule has 0 heterocycles. The Balaban J connectivity index is 2.95. The molecule has 2 atom stereocenters.